The SMILES string of the molecule is OC1(CN2CCC3(CC2)CNC(C2CCCC2)c2ccccc23)CCCCCCC1. The van der Waals surface area contributed by atoms with Gasteiger partial charge in [0.25, 0.3) is 0 Å². The maximum absolute atomic E-state index is 11.3. The minimum absolute atomic E-state index is 0.297. The molecule has 166 valence electrons. The average Bonchev–Trinajstić information content (AvgIpc) is 3.28. The van der Waals surface area contributed by atoms with Crippen LogP contribution in [0.5, 0.6) is 0 Å². The van der Waals surface area contributed by atoms with E-state index in [0.29, 0.717) is 11.5 Å². The van der Waals surface area contributed by atoms with Gasteiger partial charge in [0.1, 0.15) is 0 Å². The van der Waals surface area contributed by atoms with E-state index in [2.05, 4.69) is 34.5 Å². The van der Waals surface area contributed by atoms with Crippen molar-refractivity contribution in [1.82, 2.24) is 10.2 Å². The summed E-state index contributed by atoms with van der Waals surface area (Å²) in [4.78, 5) is 2.58. The van der Waals surface area contributed by atoms with Gasteiger partial charge in [-0.1, -0.05) is 69.2 Å². The molecule has 0 bridgehead atoms. The third kappa shape index (κ3) is 4.23. The number of rotatable bonds is 3. The van der Waals surface area contributed by atoms with Crippen LogP contribution in [-0.4, -0.2) is 41.8 Å². The summed E-state index contributed by atoms with van der Waals surface area (Å²) in [6, 6.07) is 9.94. The van der Waals surface area contributed by atoms with E-state index in [1.54, 1.807) is 11.1 Å². The number of hydrogen-bond donors (Lipinski definition) is 2. The van der Waals surface area contributed by atoms with Gasteiger partial charge in [0.15, 0.2) is 0 Å². The molecule has 4 aliphatic rings. The maximum Gasteiger partial charge on any atom is 0.0774 e. The molecule has 5 rings (SSSR count). The van der Waals surface area contributed by atoms with Crippen LogP contribution in [0.4, 0.5) is 0 Å². The summed E-state index contributed by atoms with van der Waals surface area (Å²) in [5.74, 6) is 0.831. The lowest BCUT2D eigenvalue weighted by Crippen LogP contribution is -2.55. The van der Waals surface area contributed by atoms with Crippen molar-refractivity contribution in [2.75, 3.05) is 26.2 Å². The molecule has 0 aromatic heterocycles. The van der Waals surface area contributed by atoms with Crippen LogP contribution in [0.25, 0.3) is 0 Å². The molecule has 2 aliphatic carbocycles. The first-order valence-corrected chi connectivity index (χ1v) is 13.0. The summed E-state index contributed by atoms with van der Waals surface area (Å²) in [6.07, 6.45) is 16.4. The van der Waals surface area contributed by atoms with Gasteiger partial charge in [-0.3, -0.25) is 0 Å². The Morgan fingerprint density at radius 3 is 2.27 bits per heavy atom. The second kappa shape index (κ2) is 8.92. The third-order valence-corrected chi connectivity index (χ3v) is 9.01. The standard InChI is InChI=1S/C27H42N2O/c30-27(14-8-2-1-3-9-15-27)21-29-18-16-26(17-19-29)20-28-25(22-10-4-5-11-22)23-12-6-7-13-24(23)26/h6-7,12-13,22,25,28,30H,1-5,8-11,14-21H2. The topological polar surface area (TPSA) is 35.5 Å². The number of nitrogens with zero attached hydrogens (tertiary/aromatic N) is 1. The highest BCUT2D eigenvalue weighted by Crippen LogP contribution is 2.46. The molecule has 0 radical (unpaired) electrons. The van der Waals surface area contributed by atoms with Gasteiger partial charge in [-0.2, -0.15) is 0 Å². The molecule has 0 amide bonds. The van der Waals surface area contributed by atoms with Crippen molar-refractivity contribution in [3.05, 3.63) is 35.4 Å². The fraction of sp³-hybridized carbons (Fsp3) is 0.778. The van der Waals surface area contributed by atoms with E-state index < -0.39 is 5.60 Å². The normalized spacial score (nSPS) is 30.0. The summed E-state index contributed by atoms with van der Waals surface area (Å²) in [6.45, 7) is 4.30. The minimum Gasteiger partial charge on any atom is -0.389 e. The lowest BCUT2D eigenvalue weighted by molar-refractivity contribution is -0.0274. The number of nitrogens with one attached hydrogen (secondary N) is 1. The molecule has 2 N–H and O–H groups in total. The summed E-state index contributed by atoms with van der Waals surface area (Å²) in [7, 11) is 0. The minimum atomic E-state index is -0.443. The van der Waals surface area contributed by atoms with Crippen LogP contribution in [-0.2, 0) is 5.41 Å². The molecular weight excluding hydrogens is 368 g/mol. The van der Waals surface area contributed by atoms with Gasteiger partial charge in [-0.05, 0) is 68.7 Å². The number of fused-ring (bicyclic) bond motifs is 2. The Hall–Kier alpha value is -0.900. The molecule has 1 aromatic rings. The first-order chi connectivity index (χ1) is 14.7. The predicted molar refractivity (Wildman–Crippen MR) is 124 cm³/mol. The van der Waals surface area contributed by atoms with Crippen LogP contribution in [0.3, 0.4) is 0 Å². The molecule has 3 fully saturated rings. The second-order valence-electron chi connectivity index (χ2n) is 11.0. The molecule has 3 heteroatoms. The number of aliphatic hydroxyl groups is 1. The van der Waals surface area contributed by atoms with Gasteiger partial charge < -0.3 is 15.3 Å². The number of piperidine rings is 1. The van der Waals surface area contributed by atoms with Gasteiger partial charge in [0.05, 0.1) is 5.60 Å². The molecule has 2 heterocycles. The van der Waals surface area contributed by atoms with E-state index in [9.17, 15) is 5.11 Å². The van der Waals surface area contributed by atoms with Crippen molar-refractivity contribution in [2.24, 2.45) is 5.92 Å². The van der Waals surface area contributed by atoms with Crippen molar-refractivity contribution >= 4 is 0 Å². The van der Waals surface area contributed by atoms with Crippen LogP contribution in [0.1, 0.15) is 101 Å². The van der Waals surface area contributed by atoms with Gasteiger partial charge in [-0.15, -0.1) is 0 Å². The quantitative estimate of drug-likeness (QED) is 0.707. The van der Waals surface area contributed by atoms with Crippen LogP contribution in [0.2, 0.25) is 0 Å². The maximum atomic E-state index is 11.3. The molecule has 1 unspecified atom stereocenters. The molecule has 30 heavy (non-hydrogen) atoms. The van der Waals surface area contributed by atoms with Gasteiger partial charge in [-0.25, -0.2) is 0 Å². The van der Waals surface area contributed by atoms with Crippen LogP contribution < -0.4 is 5.32 Å². The fourth-order valence-corrected chi connectivity index (χ4v) is 7.20. The molecule has 1 saturated heterocycles. The zero-order chi connectivity index (χ0) is 20.4. The summed E-state index contributed by atoms with van der Waals surface area (Å²) in [5, 5.41) is 15.3. The predicted octanol–water partition coefficient (Wildman–Crippen LogP) is 5.33. The molecule has 1 spiro atoms. The lowest BCUT2D eigenvalue weighted by Gasteiger charge is -2.49. The Morgan fingerprint density at radius 2 is 1.53 bits per heavy atom. The Kier molecular flexibility index (Phi) is 6.24. The molecule has 1 aromatic carbocycles. The van der Waals surface area contributed by atoms with Crippen molar-refractivity contribution in [3.8, 4) is 0 Å². The van der Waals surface area contributed by atoms with E-state index in [1.165, 1.54) is 70.6 Å². The summed E-state index contributed by atoms with van der Waals surface area (Å²) >= 11 is 0. The zero-order valence-electron chi connectivity index (χ0n) is 18.9. The van der Waals surface area contributed by atoms with E-state index in [1.807, 2.05) is 0 Å². The molecule has 3 nitrogen and oxygen atoms in total. The van der Waals surface area contributed by atoms with E-state index in [0.717, 1.165) is 44.9 Å². The third-order valence-electron chi connectivity index (χ3n) is 9.01. The highest BCUT2D eigenvalue weighted by atomic mass is 16.3. The molecule has 2 aliphatic heterocycles. The smallest absolute Gasteiger partial charge is 0.0774 e. The summed E-state index contributed by atoms with van der Waals surface area (Å²) in [5.41, 5.74) is 3.10. The first-order valence-electron chi connectivity index (χ1n) is 13.0. The van der Waals surface area contributed by atoms with E-state index in [4.69, 9.17) is 0 Å². The largest absolute Gasteiger partial charge is 0.389 e. The van der Waals surface area contributed by atoms with Crippen molar-refractivity contribution in [2.45, 2.75) is 101 Å². The molecule has 2 saturated carbocycles. The highest BCUT2D eigenvalue weighted by Gasteiger charge is 2.44. The Labute approximate surface area is 183 Å². The summed E-state index contributed by atoms with van der Waals surface area (Å²) < 4.78 is 0. The first kappa shape index (κ1) is 21.0. The van der Waals surface area contributed by atoms with Crippen LogP contribution in [0, 0.1) is 5.92 Å². The number of likely N-dealkylation sites (tertiary alicyclic amines) is 1. The Morgan fingerprint density at radius 1 is 0.867 bits per heavy atom. The van der Waals surface area contributed by atoms with Gasteiger partial charge in [0.2, 0.25) is 0 Å². The van der Waals surface area contributed by atoms with Crippen molar-refractivity contribution in [3.63, 3.8) is 0 Å². The van der Waals surface area contributed by atoms with Crippen molar-refractivity contribution < 1.29 is 5.11 Å². The van der Waals surface area contributed by atoms with Gasteiger partial charge >= 0.3 is 0 Å². The zero-order valence-corrected chi connectivity index (χ0v) is 18.9. The van der Waals surface area contributed by atoms with E-state index in [-0.39, 0.29) is 0 Å². The Balaban J connectivity index is 1.27. The van der Waals surface area contributed by atoms with Crippen molar-refractivity contribution in [1.29, 1.82) is 0 Å². The number of benzene rings is 1. The average molecular weight is 411 g/mol. The second-order valence-corrected chi connectivity index (χ2v) is 11.0. The lowest BCUT2D eigenvalue weighted by atomic mass is 9.66. The van der Waals surface area contributed by atoms with Crippen LogP contribution in [0.15, 0.2) is 24.3 Å². The Bertz CT molecular complexity index is 695. The van der Waals surface area contributed by atoms with Crippen LogP contribution >= 0.6 is 0 Å². The number of hydrogen-bond acceptors (Lipinski definition) is 3. The van der Waals surface area contributed by atoms with Gasteiger partial charge in [0, 0.05) is 24.5 Å². The molecule has 1 atom stereocenters. The molecular formula is C27H42N2O. The number of β-amino-alcohol motifs (C(OH)–C–C–N with tert-alkyl or cyclic N) is 1. The highest BCUT2D eigenvalue weighted by molar-refractivity contribution is 5.40. The fourth-order valence-electron chi connectivity index (χ4n) is 7.20. The van der Waals surface area contributed by atoms with E-state index >= 15 is 0 Å². The monoisotopic (exact) mass is 410 g/mol.